The molecule has 0 saturated carbocycles. The zero-order valence-electron chi connectivity index (χ0n) is 11.1. The molecule has 0 amide bonds. The Hall–Kier alpha value is -1.38. The third-order valence-corrected chi connectivity index (χ3v) is 2.85. The molecule has 0 aromatic carbocycles. The number of Topliss-reactive ketones (excluding diaryl/α,β-unsaturated/α-hetero) is 2. The van der Waals surface area contributed by atoms with Crippen LogP contribution in [0.4, 0.5) is 0 Å². The highest BCUT2D eigenvalue weighted by molar-refractivity contribution is 5.97. The number of rotatable bonds is 6. The van der Waals surface area contributed by atoms with Gasteiger partial charge >= 0.3 is 0 Å². The van der Waals surface area contributed by atoms with E-state index in [1.165, 1.54) is 0 Å². The summed E-state index contributed by atoms with van der Waals surface area (Å²) in [5, 5.41) is 0. The van der Waals surface area contributed by atoms with Crippen LogP contribution in [0, 0.1) is 6.92 Å². The summed E-state index contributed by atoms with van der Waals surface area (Å²) >= 11 is 0. The Morgan fingerprint density at radius 1 is 1.12 bits per heavy atom. The van der Waals surface area contributed by atoms with Crippen molar-refractivity contribution in [1.82, 2.24) is 0 Å². The molecular weight excluding hydrogens is 216 g/mol. The first kappa shape index (κ1) is 13.7. The number of aryl methyl sites for hydroxylation is 2. The Balaban J connectivity index is 3.05. The van der Waals surface area contributed by atoms with E-state index < -0.39 is 0 Å². The minimum atomic E-state index is 0.0205. The van der Waals surface area contributed by atoms with Gasteiger partial charge in [0.05, 0.1) is 5.56 Å². The van der Waals surface area contributed by atoms with Gasteiger partial charge in [0.25, 0.3) is 0 Å². The van der Waals surface area contributed by atoms with Gasteiger partial charge < -0.3 is 9.21 Å². The molecular formula is C14H20O3. The van der Waals surface area contributed by atoms with Crippen LogP contribution in [0.3, 0.4) is 0 Å². The molecule has 0 aliphatic rings. The van der Waals surface area contributed by atoms with Crippen molar-refractivity contribution in [2.45, 2.75) is 53.4 Å². The predicted octanol–water partition coefficient (Wildman–Crippen LogP) is 3.26. The van der Waals surface area contributed by atoms with E-state index in [1.54, 1.807) is 13.8 Å². The standard InChI is InChI=1S/C14H20O3/c1-5-6-12-10(3)14(11(4)16)13(17-12)8-7-9(2)15/h5-8H2,1-4H3. The predicted molar refractivity (Wildman–Crippen MR) is 66.4 cm³/mol. The van der Waals surface area contributed by atoms with E-state index in [1.807, 2.05) is 6.92 Å². The summed E-state index contributed by atoms with van der Waals surface area (Å²) in [5.41, 5.74) is 1.62. The van der Waals surface area contributed by atoms with Crippen LogP contribution < -0.4 is 0 Å². The molecule has 0 radical (unpaired) electrons. The lowest BCUT2D eigenvalue weighted by atomic mass is 10.0. The molecule has 0 atom stereocenters. The molecule has 94 valence electrons. The monoisotopic (exact) mass is 236 g/mol. The Bertz CT molecular complexity index is 427. The normalized spacial score (nSPS) is 10.6. The maximum Gasteiger partial charge on any atom is 0.163 e. The summed E-state index contributed by atoms with van der Waals surface area (Å²) in [4.78, 5) is 22.6. The van der Waals surface area contributed by atoms with Crippen molar-refractivity contribution in [2.75, 3.05) is 0 Å². The minimum absolute atomic E-state index is 0.0205. The van der Waals surface area contributed by atoms with Crippen LogP contribution in [0.2, 0.25) is 0 Å². The Kier molecular flexibility index (Phi) is 4.67. The Morgan fingerprint density at radius 2 is 1.76 bits per heavy atom. The Morgan fingerprint density at radius 3 is 2.24 bits per heavy atom. The number of carbonyl (C=O) groups is 2. The molecule has 17 heavy (non-hydrogen) atoms. The molecule has 1 aromatic rings. The minimum Gasteiger partial charge on any atom is -0.465 e. The summed E-state index contributed by atoms with van der Waals surface area (Å²) < 4.78 is 5.72. The van der Waals surface area contributed by atoms with E-state index in [4.69, 9.17) is 4.42 Å². The highest BCUT2D eigenvalue weighted by Crippen LogP contribution is 2.25. The molecule has 3 heteroatoms. The summed E-state index contributed by atoms with van der Waals surface area (Å²) in [5.74, 6) is 1.70. The number of carbonyl (C=O) groups excluding carboxylic acids is 2. The summed E-state index contributed by atoms with van der Waals surface area (Å²) in [7, 11) is 0. The molecule has 0 aliphatic carbocycles. The van der Waals surface area contributed by atoms with E-state index in [0.29, 0.717) is 24.2 Å². The third-order valence-electron chi connectivity index (χ3n) is 2.85. The number of ketones is 2. The van der Waals surface area contributed by atoms with Crippen molar-refractivity contribution >= 4 is 11.6 Å². The third kappa shape index (κ3) is 3.29. The lowest BCUT2D eigenvalue weighted by molar-refractivity contribution is -0.117. The van der Waals surface area contributed by atoms with Crippen molar-refractivity contribution < 1.29 is 14.0 Å². The zero-order chi connectivity index (χ0) is 13.0. The lowest BCUT2D eigenvalue weighted by Gasteiger charge is -1.98. The fourth-order valence-electron chi connectivity index (χ4n) is 2.02. The van der Waals surface area contributed by atoms with Gasteiger partial charge in [-0.1, -0.05) is 6.92 Å². The van der Waals surface area contributed by atoms with Crippen molar-refractivity contribution in [2.24, 2.45) is 0 Å². The van der Waals surface area contributed by atoms with Gasteiger partial charge in [0, 0.05) is 24.8 Å². The molecule has 1 aromatic heterocycles. The van der Waals surface area contributed by atoms with Crippen molar-refractivity contribution in [3.63, 3.8) is 0 Å². The topological polar surface area (TPSA) is 47.3 Å². The van der Waals surface area contributed by atoms with E-state index >= 15 is 0 Å². The van der Waals surface area contributed by atoms with Crippen LogP contribution in [0.15, 0.2) is 4.42 Å². The SMILES string of the molecule is CCCc1oc(CCC(C)=O)c(C(C)=O)c1C. The quantitative estimate of drug-likeness (QED) is 0.712. The second-order valence-corrected chi connectivity index (χ2v) is 4.46. The first-order chi connectivity index (χ1) is 7.97. The van der Waals surface area contributed by atoms with Gasteiger partial charge in [-0.25, -0.2) is 0 Å². The molecule has 1 rings (SSSR count). The van der Waals surface area contributed by atoms with Gasteiger partial charge in [0.15, 0.2) is 5.78 Å². The average molecular weight is 236 g/mol. The smallest absolute Gasteiger partial charge is 0.163 e. The van der Waals surface area contributed by atoms with Crippen molar-refractivity contribution in [3.8, 4) is 0 Å². The van der Waals surface area contributed by atoms with Gasteiger partial charge in [-0.05, 0) is 27.2 Å². The number of hydrogen-bond donors (Lipinski definition) is 0. The second-order valence-electron chi connectivity index (χ2n) is 4.46. The van der Waals surface area contributed by atoms with Crippen LogP contribution in [0.1, 0.15) is 61.1 Å². The summed E-state index contributed by atoms with van der Waals surface area (Å²) in [6.07, 6.45) is 2.78. The molecule has 0 fully saturated rings. The molecule has 3 nitrogen and oxygen atoms in total. The average Bonchev–Trinajstić information content (AvgIpc) is 2.53. The Labute approximate surface area is 102 Å². The maximum absolute atomic E-state index is 11.6. The second kappa shape index (κ2) is 5.80. The maximum atomic E-state index is 11.6. The summed E-state index contributed by atoms with van der Waals surface area (Å²) in [6.45, 7) is 7.09. The highest BCUT2D eigenvalue weighted by Gasteiger charge is 2.19. The molecule has 0 N–H and O–H groups in total. The highest BCUT2D eigenvalue weighted by atomic mass is 16.3. The van der Waals surface area contributed by atoms with Crippen LogP contribution in [-0.2, 0) is 17.6 Å². The van der Waals surface area contributed by atoms with Crippen LogP contribution in [0.5, 0.6) is 0 Å². The van der Waals surface area contributed by atoms with E-state index in [0.717, 1.165) is 24.2 Å². The molecule has 1 heterocycles. The first-order valence-corrected chi connectivity index (χ1v) is 6.08. The van der Waals surface area contributed by atoms with E-state index in [-0.39, 0.29) is 11.6 Å². The van der Waals surface area contributed by atoms with E-state index in [2.05, 4.69) is 6.92 Å². The van der Waals surface area contributed by atoms with E-state index in [9.17, 15) is 9.59 Å². The molecule has 0 spiro atoms. The van der Waals surface area contributed by atoms with Gasteiger partial charge in [0.1, 0.15) is 17.3 Å². The van der Waals surface area contributed by atoms with Crippen molar-refractivity contribution in [3.05, 3.63) is 22.6 Å². The fourth-order valence-corrected chi connectivity index (χ4v) is 2.02. The van der Waals surface area contributed by atoms with Crippen LogP contribution in [0.25, 0.3) is 0 Å². The first-order valence-electron chi connectivity index (χ1n) is 6.08. The zero-order valence-corrected chi connectivity index (χ0v) is 11.1. The summed E-state index contributed by atoms with van der Waals surface area (Å²) in [6, 6.07) is 0. The number of hydrogen-bond acceptors (Lipinski definition) is 3. The molecule has 0 aliphatic heterocycles. The van der Waals surface area contributed by atoms with Gasteiger partial charge in [0.2, 0.25) is 0 Å². The van der Waals surface area contributed by atoms with Crippen LogP contribution >= 0.6 is 0 Å². The largest absolute Gasteiger partial charge is 0.465 e. The van der Waals surface area contributed by atoms with Crippen molar-refractivity contribution in [1.29, 1.82) is 0 Å². The molecule has 0 saturated heterocycles. The fraction of sp³-hybridized carbons (Fsp3) is 0.571. The lowest BCUT2D eigenvalue weighted by Crippen LogP contribution is -2.00. The van der Waals surface area contributed by atoms with Gasteiger partial charge in [-0.3, -0.25) is 4.79 Å². The molecule has 0 unspecified atom stereocenters. The van der Waals surface area contributed by atoms with Gasteiger partial charge in [-0.2, -0.15) is 0 Å². The van der Waals surface area contributed by atoms with Crippen LogP contribution in [-0.4, -0.2) is 11.6 Å². The number of furan rings is 1. The van der Waals surface area contributed by atoms with Gasteiger partial charge in [-0.15, -0.1) is 0 Å². The molecule has 0 bridgehead atoms.